The summed E-state index contributed by atoms with van der Waals surface area (Å²) in [7, 11) is 0. The molecule has 3 heterocycles. The molecule has 12 aromatic carbocycles. The first-order valence-corrected chi connectivity index (χ1v) is 30.5. The molecule has 15 aromatic rings. The van der Waals surface area contributed by atoms with Gasteiger partial charge in [0.25, 0.3) is 0 Å². The summed E-state index contributed by atoms with van der Waals surface area (Å²) in [5.74, 6) is 1.30. The molecule has 0 aliphatic rings. The summed E-state index contributed by atoms with van der Waals surface area (Å²) in [4.78, 5) is 34.5. The average molecular weight is 1250 g/mol. The molecule has 0 bridgehead atoms. The van der Waals surface area contributed by atoms with E-state index in [0.717, 1.165) is 77.0 Å². The van der Waals surface area contributed by atoms with Crippen molar-refractivity contribution in [3.63, 3.8) is 0 Å². The van der Waals surface area contributed by atoms with Gasteiger partial charge in [-0.15, -0.1) is 0 Å². The lowest BCUT2D eigenvalue weighted by molar-refractivity contribution is 1.07. The van der Waals surface area contributed by atoms with Gasteiger partial charge in [-0.05, 0) is 141 Å². The second-order valence-electron chi connectivity index (χ2n) is 23.0. The van der Waals surface area contributed by atoms with Crippen LogP contribution in [-0.4, -0.2) is 24.1 Å². The quantitative estimate of drug-likeness (QED) is 0.123. The number of fused-ring (bicyclic) bond motifs is 6. The van der Waals surface area contributed by atoms with E-state index >= 15 is 0 Å². The van der Waals surface area contributed by atoms with Crippen LogP contribution in [0.2, 0.25) is 0 Å². The smallest absolute Gasteiger partial charge is 0.188 e. The third-order valence-corrected chi connectivity index (χ3v) is 17.6. The third-order valence-electron chi connectivity index (χ3n) is 17.6. The molecule has 0 N–H and O–H groups in total. The summed E-state index contributed by atoms with van der Waals surface area (Å²) >= 11 is 0. The first-order valence-electron chi connectivity index (χ1n) is 30.5. The molecule has 15 rings (SSSR count). The maximum absolute atomic E-state index is 10.5. The SMILES string of the molecule is [C-]#[N+]c1ccc(-c2ccc3c(c2)c2cc(-c4ccc([N+]#[C-])cc4[N+]#[C-])ccc2n3-c2cc(-c3nc(-c4ccccc4)nc(-c4ccccc4)n3)ccc2-c2cc([N+]#[C-])ccc2-n2c3ccc(-c4ccc(C#N)cc4C#N)cc3c3cc(-c4ccc(C#N)cc4C#N)ccc32)c([N+]#[C-])c1. The van der Waals surface area contributed by atoms with Crippen LogP contribution >= 0.6 is 0 Å². The van der Waals surface area contributed by atoms with Crippen molar-refractivity contribution in [2.24, 2.45) is 0 Å². The Morgan fingerprint density at radius 1 is 0.276 bits per heavy atom. The van der Waals surface area contributed by atoms with Gasteiger partial charge in [0, 0.05) is 43.8 Å². The van der Waals surface area contributed by atoms with E-state index in [9.17, 15) is 21.0 Å². The number of rotatable bonds is 10. The molecular formula is C84H40N14. The highest BCUT2D eigenvalue weighted by molar-refractivity contribution is 6.15. The minimum Gasteiger partial charge on any atom is -0.309 e. The first kappa shape index (κ1) is 59.0. The summed E-state index contributed by atoms with van der Waals surface area (Å²) in [6.07, 6.45) is 0. The molecule has 98 heavy (non-hydrogen) atoms. The van der Waals surface area contributed by atoms with Gasteiger partial charge in [0.2, 0.25) is 0 Å². The molecule has 0 saturated carbocycles. The number of nitriles is 4. The highest BCUT2D eigenvalue weighted by atomic mass is 15.0. The summed E-state index contributed by atoms with van der Waals surface area (Å²) in [6, 6.07) is 84.4. The van der Waals surface area contributed by atoms with Gasteiger partial charge in [0.1, 0.15) is 0 Å². The predicted molar refractivity (Wildman–Crippen MR) is 382 cm³/mol. The molecule has 0 spiro atoms. The van der Waals surface area contributed by atoms with Crippen LogP contribution in [0.5, 0.6) is 0 Å². The molecule has 446 valence electrons. The Morgan fingerprint density at radius 2 is 0.643 bits per heavy atom. The summed E-state index contributed by atoms with van der Waals surface area (Å²) in [6.45, 7) is 40.7. The van der Waals surface area contributed by atoms with Crippen molar-refractivity contribution in [3.8, 4) is 125 Å². The van der Waals surface area contributed by atoms with Crippen molar-refractivity contribution in [2.75, 3.05) is 0 Å². The number of benzene rings is 12. The maximum Gasteiger partial charge on any atom is 0.188 e. The first-order chi connectivity index (χ1) is 48.1. The van der Waals surface area contributed by atoms with Crippen LogP contribution in [0.25, 0.3) is 169 Å². The molecule has 0 amide bonds. The van der Waals surface area contributed by atoms with Crippen molar-refractivity contribution >= 4 is 72.0 Å². The van der Waals surface area contributed by atoms with Crippen molar-refractivity contribution in [1.82, 2.24) is 24.1 Å². The van der Waals surface area contributed by atoms with Gasteiger partial charge in [-0.1, -0.05) is 152 Å². The molecule has 0 aliphatic carbocycles. The van der Waals surface area contributed by atoms with Gasteiger partial charge >= 0.3 is 0 Å². The van der Waals surface area contributed by atoms with Gasteiger partial charge in [-0.2, -0.15) is 21.0 Å². The van der Waals surface area contributed by atoms with E-state index in [2.05, 4.69) is 63.7 Å². The lowest BCUT2D eigenvalue weighted by Gasteiger charge is -2.20. The largest absolute Gasteiger partial charge is 0.309 e. The fourth-order valence-electron chi connectivity index (χ4n) is 13.0. The van der Waals surface area contributed by atoms with E-state index in [0.29, 0.717) is 118 Å². The van der Waals surface area contributed by atoms with E-state index in [4.69, 9.17) is 47.8 Å². The maximum atomic E-state index is 10.5. The molecule has 0 unspecified atom stereocenters. The van der Waals surface area contributed by atoms with Crippen molar-refractivity contribution in [3.05, 3.63) is 322 Å². The van der Waals surface area contributed by atoms with Crippen LogP contribution in [0.4, 0.5) is 28.4 Å². The molecule has 14 nitrogen and oxygen atoms in total. The predicted octanol–water partition coefficient (Wildman–Crippen LogP) is 21.6. The minimum atomic E-state index is 0.313. The normalized spacial score (nSPS) is 10.8. The van der Waals surface area contributed by atoms with E-state index in [1.165, 1.54) is 0 Å². The second kappa shape index (κ2) is 24.4. The highest BCUT2D eigenvalue weighted by Gasteiger charge is 2.26. The number of nitrogens with zero attached hydrogens (tertiary/aromatic N) is 14. The number of aromatic nitrogens is 5. The molecule has 0 fully saturated rings. The lowest BCUT2D eigenvalue weighted by atomic mass is 9.95. The third kappa shape index (κ3) is 10.1. The molecule has 0 radical (unpaired) electrons. The van der Waals surface area contributed by atoms with Crippen molar-refractivity contribution < 1.29 is 0 Å². The molecule has 0 aliphatic heterocycles. The highest BCUT2D eigenvalue weighted by Crippen LogP contribution is 2.47. The van der Waals surface area contributed by atoms with Crippen LogP contribution in [-0.2, 0) is 0 Å². The zero-order valence-electron chi connectivity index (χ0n) is 51.4. The van der Waals surface area contributed by atoms with Crippen molar-refractivity contribution in [2.45, 2.75) is 0 Å². The van der Waals surface area contributed by atoms with Crippen LogP contribution in [0.15, 0.2) is 243 Å². The van der Waals surface area contributed by atoms with Gasteiger partial charge in [0.05, 0.1) is 113 Å². The standard InChI is InChI=1S/C84H40N14/c1-89-61-25-35-80(97-76-31-19-54(64-26-16-50(46-85)36-59(64)48-87)38-69(76)70-39-55(20-32-77(70)97)65-27-17-51(47-86)37-60(65)49-88)73(43-61)68-28-18-58(84-95-82(52-12-8-6-9-13-52)94-83(96-84)53-14-10-7-11-15-53)42-81(68)98-78-33-21-56(66-29-23-62(90-2)44-74(66)92-4)40-71(78)72-41-57(22-34-79(72)98)67-30-24-63(91-3)45-75(67)93-5/h6-45H. The van der Waals surface area contributed by atoms with E-state index in [-0.39, 0.29) is 0 Å². The Morgan fingerprint density at radius 3 is 1.05 bits per heavy atom. The Hall–Kier alpha value is -15.3. The summed E-state index contributed by atoms with van der Waals surface area (Å²) in [5, 5.41) is 43.8. The Bertz CT molecular complexity index is 6050. The monoisotopic (exact) mass is 1240 g/mol. The zero-order chi connectivity index (χ0) is 67.1. The van der Waals surface area contributed by atoms with Crippen LogP contribution < -0.4 is 0 Å². The minimum absolute atomic E-state index is 0.313. The van der Waals surface area contributed by atoms with Gasteiger partial charge in [0.15, 0.2) is 45.9 Å². The van der Waals surface area contributed by atoms with E-state index < -0.39 is 0 Å². The molecule has 0 atom stereocenters. The Kier molecular flexibility index (Phi) is 14.7. The van der Waals surface area contributed by atoms with Crippen LogP contribution in [0.3, 0.4) is 0 Å². The van der Waals surface area contributed by atoms with Crippen LogP contribution in [0, 0.1) is 78.2 Å². The van der Waals surface area contributed by atoms with E-state index in [1.54, 1.807) is 78.9 Å². The fraction of sp³-hybridized carbons (Fsp3) is 0. The summed E-state index contributed by atoms with van der Waals surface area (Å²) < 4.78 is 4.33. The number of hydrogen-bond acceptors (Lipinski definition) is 7. The molecule has 3 aromatic heterocycles. The fourth-order valence-corrected chi connectivity index (χ4v) is 13.0. The number of hydrogen-bond donors (Lipinski definition) is 0. The van der Waals surface area contributed by atoms with Crippen molar-refractivity contribution in [1.29, 1.82) is 21.0 Å². The van der Waals surface area contributed by atoms with Gasteiger partial charge in [-0.3, -0.25) is 0 Å². The summed E-state index contributed by atoms with van der Waals surface area (Å²) in [5.41, 5.74) is 16.3. The Balaban J connectivity index is 1.05. The molecular weight excluding hydrogens is 1210 g/mol. The Labute approximate surface area is 561 Å². The van der Waals surface area contributed by atoms with Crippen LogP contribution in [0.1, 0.15) is 22.3 Å². The topological polar surface area (TPSA) is 165 Å². The molecule has 0 saturated heterocycles. The molecule has 14 heteroatoms. The average Bonchev–Trinajstić information content (AvgIpc) is 1.56. The van der Waals surface area contributed by atoms with Gasteiger partial charge < -0.3 is 9.13 Å². The zero-order valence-corrected chi connectivity index (χ0v) is 51.4. The van der Waals surface area contributed by atoms with Gasteiger partial charge in [-0.25, -0.2) is 39.2 Å². The lowest BCUT2D eigenvalue weighted by Crippen LogP contribution is -2.04. The second-order valence-corrected chi connectivity index (χ2v) is 23.0. The van der Waals surface area contributed by atoms with E-state index in [1.807, 2.05) is 158 Å².